The van der Waals surface area contributed by atoms with Crippen LogP contribution in [0.15, 0.2) is 5.16 Å². The number of halogens is 5. The van der Waals surface area contributed by atoms with Crippen molar-refractivity contribution in [3.05, 3.63) is 11.3 Å². The van der Waals surface area contributed by atoms with E-state index in [1.165, 1.54) is 0 Å². The number of alkyl halides is 5. The summed E-state index contributed by atoms with van der Waals surface area (Å²) in [4.78, 5) is 5.01. The number of hydrogen-bond donors (Lipinski definition) is 0. The Morgan fingerprint density at radius 2 is 2.04 bits per heavy atom. The van der Waals surface area contributed by atoms with Gasteiger partial charge in [-0.3, -0.25) is 8.89 Å². The van der Waals surface area contributed by atoms with E-state index in [0.717, 1.165) is 7.05 Å². The van der Waals surface area contributed by atoms with Gasteiger partial charge < -0.3 is 9.57 Å². The highest BCUT2D eigenvalue weighted by molar-refractivity contribution is 7.99. The van der Waals surface area contributed by atoms with E-state index in [9.17, 15) is 26.2 Å². The highest BCUT2D eigenvalue weighted by atomic mass is 32.2. The molecule has 0 saturated carbocycles. The Kier molecular flexibility index (Phi) is 4.88. The largest absolute Gasteiger partial charge is 0.433 e. The maximum atomic E-state index is 13.2. The van der Waals surface area contributed by atoms with Crippen molar-refractivity contribution in [2.24, 2.45) is 12.2 Å². The third-order valence-corrected chi connectivity index (χ3v) is 4.38. The third kappa shape index (κ3) is 4.02. The topological polar surface area (TPSA) is 65.7 Å². The lowest BCUT2D eigenvalue weighted by Crippen LogP contribution is -2.21. The quantitative estimate of drug-likeness (QED) is 0.759. The summed E-state index contributed by atoms with van der Waals surface area (Å²) in [5.74, 6) is -1.63. The van der Waals surface area contributed by atoms with E-state index < -0.39 is 52.1 Å². The van der Waals surface area contributed by atoms with Crippen LogP contribution >= 0.6 is 0 Å². The summed E-state index contributed by atoms with van der Waals surface area (Å²) in [5.41, 5.74) is -2.74. The van der Waals surface area contributed by atoms with Crippen molar-refractivity contribution in [1.82, 2.24) is 9.78 Å². The zero-order valence-electron chi connectivity index (χ0n) is 12.9. The molecule has 0 amide bonds. The van der Waals surface area contributed by atoms with Crippen LogP contribution in [0.1, 0.15) is 31.5 Å². The molecule has 0 bridgehead atoms. The Bertz CT molecular complexity index is 684. The predicted molar refractivity (Wildman–Crippen MR) is 73.9 cm³/mol. The normalized spacial score (nSPS) is 18.5. The summed E-state index contributed by atoms with van der Waals surface area (Å²) in [6, 6.07) is 0. The third-order valence-electron chi connectivity index (χ3n) is 3.09. The Labute approximate surface area is 136 Å². The monoisotopic (exact) mass is 375 g/mol. The van der Waals surface area contributed by atoms with Crippen molar-refractivity contribution in [2.45, 2.75) is 44.4 Å². The molecule has 1 aliphatic rings. The molecule has 0 fully saturated rings. The van der Waals surface area contributed by atoms with Crippen molar-refractivity contribution in [1.29, 1.82) is 0 Å². The summed E-state index contributed by atoms with van der Waals surface area (Å²) in [6.07, 6.45) is -4.73. The number of rotatable bonds is 4. The maximum Gasteiger partial charge on any atom is 0.433 e. The lowest BCUT2D eigenvalue weighted by Gasteiger charge is -2.13. The van der Waals surface area contributed by atoms with Gasteiger partial charge in [0.1, 0.15) is 16.3 Å². The second kappa shape index (κ2) is 6.30. The van der Waals surface area contributed by atoms with Crippen LogP contribution in [0.4, 0.5) is 22.0 Å². The molecule has 136 valence electrons. The number of aromatic nitrogens is 2. The van der Waals surface area contributed by atoms with E-state index in [2.05, 4.69) is 15.0 Å². The molecule has 2 rings (SSSR count). The fourth-order valence-electron chi connectivity index (χ4n) is 2.15. The highest BCUT2D eigenvalue weighted by Crippen LogP contribution is 2.37. The average Bonchev–Trinajstić information content (AvgIpc) is 2.88. The number of oxime groups is 1. The molecular weight excluding hydrogens is 361 g/mol. The van der Waals surface area contributed by atoms with Gasteiger partial charge in [-0.15, -0.1) is 5.10 Å². The number of nitrogens with zero attached hydrogens (tertiary/aromatic N) is 3. The molecule has 2 heterocycles. The fraction of sp³-hybridized carbons (Fsp3) is 0.667. The molecule has 0 aliphatic carbocycles. The van der Waals surface area contributed by atoms with Gasteiger partial charge >= 0.3 is 12.8 Å². The number of aryl methyl sites for hydroxylation is 1. The molecule has 1 aliphatic heterocycles. The van der Waals surface area contributed by atoms with Crippen LogP contribution in [0, 0.1) is 0 Å². The summed E-state index contributed by atoms with van der Waals surface area (Å²) in [5, 5.41) is 6.95. The van der Waals surface area contributed by atoms with Gasteiger partial charge in [-0.25, -0.2) is 0 Å². The first-order valence-electron chi connectivity index (χ1n) is 6.62. The van der Waals surface area contributed by atoms with E-state index in [-0.39, 0.29) is 11.5 Å². The first-order chi connectivity index (χ1) is 10.9. The molecule has 0 N–H and O–H groups in total. The molecule has 1 aromatic rings. The van der Waals surface area contributed by atoms with Crippen LogP contribution in [0.2, 0.25) is 0 Å². The van der Waals surface area contributed by atoms with Crippen molar-refractivity contribution < 1.29 is 35.7 Å². The maximum absolute atomic E-state index is 13.2. The molecule has 12 heteroatoms. The van der Waals surface area contributed by atoms with E-state index in [1.54, 1.807) is 13.8 Å². The molecule has 1 atom stereocenters. The molecule has 0 aromatic carbocycles. The molecule has 1 aromatic heterocycles. The van der Waals surface area contributed by atoms with Crippen LogP contribution < -0.4 is 4.74 Å². The van der Waals surface area contributed by atoms with Crippen LogP contribution in [0.5, 0.6) is 5.88 Å². The Balaban J connectivity index is 2.35. The van der Waals surface area contributed by atoms with E-state index in [1.807, 2.05) is 0 Å². The van der Waals surface area contributed by atoms with Crippen LogP contribution in [-0.4, -0.2) is 31.2 Å². The van der Waals surface area contributed by atoms with E-state index in [0.29, 0.717) is 4.68 Å². The molecule has 24 heavy (non-hydrogen) atoms. The molecule has 6 nitrogen and oxygen atoms in total. The van der Waals surface area contributed by atoms with Gasteiger partial charge in [-0.1, -0.05) is 5.16 Å². The van der Waals surface area contributed by atoms with Crippen LogP contribution in [-0.2, 0) is 34.6 Å². The van der Waals surface area contributed by atoms with Crippen LogP contribution in [0.3, 0.4) is 0 Å². The van der Waals surface area contributed by atoms with Gasteiger partial charge in [0.2, 0.25) is 5.88 Å². The minimum atomic E-state index is -4.88. The SMILES string of the molecule is Cn1nc(OC(F)F)c(CS(=O)C2=NOC(C)(C)C2)c1C(F)(F)F. The van der Waals surface area contributed by atoms with Crippen LogP contribution in [0.25, 0.3) is 0 Å². The van der Waals surface area contributed by atoms with Crippen molar-refractivity contribution in [3.63, 3.8) is 0 Å². The van der Waals surface area contributed by atoms with Crippen molar-refractivity contribution in [2.75, 3.05) is 0 Å². The van der Waals surface area contributed by atoms with Gasteiger partial charge in [0.25, 0.3) is 0 Å². The molecular formula is C12H14F5N3O3S. The first-order valence-corrected chi connectivity index (χ1v) is 7.94. The second-order valence-electron chi connectivity index (χ2n) is 5.63. The number of hydrogen-bond acceptors (Lipinski definition) is 5. The van der Waals surface area contributed by atoms with Gasteiger partial charge in [0.15, 0.2) is 0 Å². The summed E-state index contributed by atoms with van der Waals surface area (Å²) in [6.45, 7) is -0.0339. The second-order valence-corrected chi connectivity index (χ2v) is 7.09. The van der Waals surface area contributed by atoms with Gasteiger partial charge in [0, 0.05) is 13.5 Å². The van der Waals surface area contributed by atoms with Gasteiger partial charge in [-0.2, -0.15) is 22.0 Å². The summed E-state index contributed by atoms with van der Waals surface area (Å²) >= 11 is 0. The molecule has 0 spiro atoms. The standard InChI is InChI=1S/C12H14F5N3O3S/c1-11(2)4-7(19-23-11)24(21)5-6-8(12(15,16)17)20(3)18-9(6)22-10(13)14/h10H,4-5H2,1-3H3. The number of ether oxygens (including phenoxy) is 1. The highest BCUT2D eigenvalue weighted by Gasteiger charge is 2.41. The van der Waals surface area contributed by atoms with Gasteiger partial charge in [0.05, 0.1) is 22.1 Å². The summed E-state index contributed by atoms with van der Waals surface area (Å²) < 4.78 is 81.0. The molecule has 0 saturated heterocycles. The lowest BCUT2D eigenvalue weighted by atomic mass is 10.1. The average molecular weight is 375 g/mol. The van der Waals surface area contributed by atoms with E-state index in [4.69, 9.17) is 4.84 Å². The Morgan fingerprint density at radius 1 is 1.42 bits per heavy atom. The zero-order chi connectivity index (χ0) is 18.3. The smallest absolute Gasteiger partial charge is 0.415 e. The molecule has 1 unspecified atom stereocenters. The van der Waals surface area contributed by atoms with Gasteiger partial charge in [-0.05, 0) is 13.8 Å². The zero-order valence-corrected chi connectivity index (χ0v) is 13.7. The lowest BCUT2D eigenvalue weighted by molar-refractivity contribution is -0.144. The fourth-order valence-corrected chi connectivity index (χ4v) is 3.46. The van der Waals surface area contributed by atoms with Crippen molar-refractivity contribution >= 4 is 15.8 Å². The predicted octanol–water partition coefficient (Wildman–Crippen LogP) is 2.80. The van der Waals surface area contributed by atoms with Crippen molar-refractivity contribution in [3.8, 4) is 5.88 Å². The minimum absolute atomic E-state index is 0.0416. The first kappa shape index (κ1) is 18.6. The Morgan fingerprint density at radius 3 is 2.50 bits per heavy atom. The Hall–Kier alpha value is -1.72. The van der Waals surface area contributed by atoms with E-state index >= 15 is 0 Å². The molecule has 0 radical (unpaired) electrons. The minimum Gasteiger partial charge on any atom is -0.415 e. The summed E-state index contributed by atoms with van der Waals surface area (Å²) in [7, 11) is -1.07.